The van der Waals surface area contributed by atoms with Gasteiger partial charge in [-0.15, -0.1) is 0 Å². The van der Waals surface area contributed by atoms with E-state index in [1.807, 2.05) is 24.6 Å². The molecular formula is C25H26ClN9O3. The first-order valence-corrected chi connectivity index (χ1v) is 12.3. The van der Waals surface area contributed by atoms with E-state index < -0.39 is 5.41 Å². The molecular weight excluding hydrogens is 510 g/mol. The van der Waals surface area contributed by atoms with Crippen molar-refractivity contribution in [1.82, 2.24) is 29.3 Å². The summed E-state index contributed by atoms with van der Waals surface area (Å²) in [5.41, 5.74) is 1.02. The standard InChI is InChI=1S/C25H26ClN9O3/c1-14(36)30-19-9-16(5-7-28-19)38-17-11-29-23-22(21(17)26)34(4)24(32-23)31-20-10-18(25(2,3)13-27)35(33-20)15-6-8-37-12-15/h5,7,9-11,15H,6,8,12H2,1-4H3,(H,28,30,36)(H,29,31,32,33)/t15-/m1/s1. The second-order valence-corrected chi connectivity index (χ2v) is 9.88. The third kappa shape index (κ3) is 4.85. The number of nitrogens with zero attached hydrogens (tertiary/aromatic N) is 7. The van der Waals surface area contributed by atoms with Crippen LogP contribution in [0.5, 0.6) is 11.5 Å². The highest BCUT2D eigenvalue weighted by Gasteiger charge is 2.31. The summed E-state index contributed by atoms with van der Waals surface area (Å²) in [5, 5.41) is 20.7. The molecule has 0 spiro atoms. The lowest BCUT2D eigenvalue weighted by Crippen LogP contribution is -2.23. The third-order valence-electron chi connectivity index (χ3n) is 6.22. The molecule has 13 heteroatoms. The van der Waals surface area contributed by atoms with Crippen molar-refractivity contribution < 1.29 is 14.3 Å². The lowest BCUT2D eigenvalue weighted by molar-refractivity contribution is -0.114. The summed E-state index contributed by atoms with van der Waals surface area (Å²) in [4.78, 5) is 24.4. The largest absolute Gasteiger partial charge is 0.454 e. The fourth-order valence-corrected chi connectivity index (χ4v) is 4.53. The smallest absolute Gasteiger partial charge is 0.222 e. The van der Waals surface area contributed by atoms with Crippen LogP contribution < -0.4 is 15.4 Å². The maximum absolute atomic E-state index is 11.3. The summed E-state index contributed by atoms with van der Waals surface area (Å²) in [5.74, 6) is 1.88. The average Bonchev–Trinajstić information content (AvgIpc) is 3.61. The van der Waals surface area contributed by atoms with Crippen molar-refractivity contribution in [2.24, 2.45) is 7.05 Å². The third-order valence-corrected chi connectivity index (χ3v) is 6.58. The maximum Gasteiger partial charge on any atom is 0.222 e. The number of imidazole rings is 1. The molecule has 12 nitrogen and oxygen atoms in total. The monoisotopic (exact) mass is 535 g/mol. The number of ether oxygens (including phenoxy) is 2. The van der Waals surface area contributed by atoms with E-state index in [1.165, 1.54) is 19.3 Å². The highest BCUT2D eigenvalue weighted by atomic mass is 35.5. The van der Waals surface area contributed by atoms with Gasteiger partial charge < -0.3 is 24.7 Å². The highest BCUT2D eigenvalue weighted by Crippen LogP contribution is 2.36. The van der Waals surface area contributed by atoms with E-state index >= 15 is 0 Å². The van der Waals surface area contributed by atoms with Gasteiger partial charge in [-0.2, -0.15) is 15.3 Å². The first-order chi connectivity index (χ1) is 18.2. The van der Waals surface area contributed by atoms with Gasteiger partial charge in [0.1, 0.15) is 22.1 Å². The molecule has 1 atom stereocenters. The first kappa shape index (κ1) is 25.4. The molecule has 1 aliphatic heterocycles. The van der Waals surface area contributed by atoms with Crippen molar-refractivity contribution in [3.63, 3.8) is 0 Å². The Balaban J connectivity index is 1.45. The SMILES string of the molecule is CC(=O)Nc1cc(Oc2cnc3nc(Nc4cc(C(C)(C)C#N)n([C@@H]5CCOC5)n4)n(C)c3c2Cl)ccn1. The van der Waals surface area contributed by atoms with Gasteiger partial charge >= 0.3 is 0 Å². The molecule has 4 aromatic heterocycles. The molecule has 1 aliphatic rings. The number of nitriles is 1. The molecule has 0 aromatic carbocycles. The van der Waals surface area contributed by atoms with Crippen LogP contribution in [0.1, 0.15) is 38.9 Å². The number of hydrogen-bond donors (Lipinski definition) is 2. The number of hydrogen-bond acceptors (Lipinski definition) is 9. The summed E-state index contributed by atoms with van der Waals surface area (Å²) in [6, 6.07) is 7.52. The van der Waals surface area contributed by atoms with E-state index in [0.717, 1.165) is 12.1 Å². The van der Waals surface area contributed by atoms with Crippen LogP contribution in [-0.2, 0) is 22.0 Å². The summed E-state index contributed by atoms with van der Waals surface area (Å²) in [6.07, 6.45) is 3.83. The topological polar surface area (TPSA) is 145 Å². The van der Waals surface area contributed by atoms with Gasteiger partial charge in [0.25, 0.3) is 0 Å². The molecule has 1 fully saturated rings. The summed E-state index contributed by atoms with van der Waals surface area (Å²) in [6.45, 7) is 6.34. The van der Waals surface area contributed by atoms with E-state index in [4.69, 9.17) is 26.2 Å². The Hall–Kier alpha value is -4.21. The van der Waals surface area contributed by atoms with Gasteiger partial charge in [0.05, 0.1) is 36.0 Å². The molecule has 1 amide bonds. The minimum atomic E-state index is -0.744. The first-order valence-electron chi connectivity index (χ1n) is 11.9. The number of anilines is 3. The summed E-state index contributed by atoms with van der Waals surface area (Å²) >= 11 is 6.72. The molecule has 0 bridgehead atoms. The average molecular weight is 536 g/mol. The number of halogens is 1. The zero-order chi connectivity index (χ0) is 27.0. The Morgan fingerprint density at radius 3 is 2.84 bits per heavy atom. The quantitative estimate of drug-likeness (QED) is 0.350. The second kappa shape index (κ2) is 9.92. The molecule has 1 saturated heterocycles. The van der Waals surface area contributed by atoms with Crippen LogP contribution >= 0.6 is 11.6 Å². The van der Waals surface area contributed by atoms with Crippen LogP contribution in [-0.4, -0.2) is 48.4 Å². The van der Waals surface area contributed by atoms with Crippen molar-refractivity contribution in [3.8, 4) is 17.6 Å². The number of carbonyl (C=O) groups excluding carboxylic acids is 1. The maximum atomic E-state index is 11.3. The molecule has 0 unspecified atom stereocenters. The molecule has 5 rings (SSSR count). The molecule has 5 heterocycles. The van der Waals surface area contributed by atoms with Crippen LogP contribution in [0, 0.1) is 11.3 Å². The van der Waals surface area contributed by atoms with Crippen LogP contribution in [0.4, 0.5) is 17.6 Å². The molecule has 0 radical (unpaired) electrons. The Labute approximate surface area is 223 Å². The zero-order valence-corrected chi connectivity index (χ0v) is 22.1. The number of aryl methyl sites for hydroxylation is 1. The fourth-order valence-electron chi connectivity index (χ4n) is 4.23. The number of fused-ring (bicyclic) bond motifs is 1. The Kier molecular flexibility index (Phi) is 6.64. The van der Waals surface area contributed by atoms with Gasteiger partial charge in [-0.05, 0) is 26.3 Å². The van der Waals surface area contributed by atoms with E-state index in [2.05, 4.69) is 31.7 Å². The van der Waals surface area contributed by atoms with Crippen molar-refractivity contribution in [3.05, 3.63) is 41.3 Å². The number of rotatable bonds is 7. The van der Waals surface area contributed by atoms with E-state index in [0.29, 0.717) is 58.5 Å². The fraction of sp³-hybridized carbons (Fsp3) is 0.360. The van der Waals surface area contributed by atoms with Crippen LogP contribution in [0.2, 0.25) is 5.02 Å². The van der Waals surface area contributed by atoms with Gasteiger partial charge in [0.15, 0.2) is 17.2 Å². The summed E-state index contributed by atoms with van der Waals surface area (Å²) in [7, 11) is 1.80. The van der Waals surface area contributed by atoms with E-state index in [9.17, 15) is 10.1 Å². The van der Waals surface area contributed by atoms with Crippen LogP contribution in [0.25, 0.3) is 11.2 Å². The predicted molar refractivity (Wildman–Crippen MR) is 141 cm³/mol. The molecule has 0 saturated carbocycles. The van der Waals surface area contributed by atoms with Crippen molar-refractivity contribution >= 4 is 46.3 Å². The summed E-state index contributed by atoms with van der Waals surface area (Å²) < 4.78 is 15.1. The predicted octanol–water partition coefficient (Wildman–Crippen LogP) is 4.47. The van der Waals surface area contributed by atoms with Gasteiger partial charge in [-0.25, -0.2) is 9.97 Å². The highest BCUT2D eigenvalue weighted by molar-refractivity contribution is 6.36. The van der Waals surface area contributed by atoms with Crippen molar-refractivity contribution in [1.29, 1.82) is 5.26 Å². The Bertz CT molecular complexity index is 1560. The molecule has 2 N–H and O–H groups in total. The van der Waals surface area contributed by atoms with Gasteiger partial charge in [-0.1, -0.05) is 11.6 Å². The molecule has 196 valence electrons. The normalized spacial score (nSPS) is 15.4. The minimum Gasteiger partial charge on any atom is -0.454 e. The number of aromatic nitrogens is 6. The Morgan fingerprint density at radius 2 is 2.13 bits per heavy atom. The van der Waals surface area contributed by atoms with Crippen molar-refractivity contribution in [2.75, 3.05) is 23.8 Å². The van der Waals surface area contributed by atoms with Gasteiger partial charge in [0.2, 0.25) is 11.9 Å². The number of amides is 1. The molecule has 0 aliphatic carbocycles. The minimum absolute atomic E-state index is 0.0591. The molecule has 4 aromatic rings. The second-order valence-electron chi connectivity index (χ2n) is 9.50. The van der Waals surface area contributed by atoms with E-state index in [-0.39, 0.29) is 11.9 Å². The number of carbonyl (C=O) groups is 1. The van der Waals surface area contributed by atoms with Crippen LogP contribution in [0.15, 0.2) is 30.6 Å². The lowest BCUT2D eigenvalue weighted by atomic mass is 9.91. The lowest BCUT2D eigenvalue weighted by Gasteiger charge is -2.20. The number of nitrogens with one attached hydrogen (secondary N) is 2. The van der Waals surface area contributed by atoms with Crippen LogP contribution in [0.3, 0.4) is 0 Å². The zero-order valence-electron chi connectivity index (χ0n) is 21.3. The van der Waals surface area contributed by atoms with Gasteiger partial charge in [-0.3, -0.25) is 9.48 Å². The Morgan fingerprint density at radius 1 is 1.32 bits per heavy atom. The van der Waals surface area contributed by atoms with Gasteiger partial charge in [0, 0.05) is 38.9 Å². The molecule has 38 heavy (non-hydrogen) atoms. The van der Waals surface area contributed by atoms with E-state index in [1.54, 1.807) is 23.7 Å². The van der Waals surface area contributed by atoms with Crippen molar-refractivity contribution in [2.45, 2.75) is 38.6 Å². The number of pyridine rings is 2.